The molecule has 0 radical (unpaired) electrons. The standard InChI is InChI=1S/C28H25FN2O4/c1-16-10-22(21-4-2-3-5-23(21)29)27-25(11-16)34-15-18-12-20(14-31(18)28(27)33)35-19-8-6-17-7-9-26(32)30-24(17)13-19/h2-6,8,10-11,13,18,20H,7,9,12,14-15H2,1H3,(H,30,32)/t18-,20+/m1/s1. The van der Waals surface area contributed by atoms with Crippen LogP contribution in [0.15, 0.2) is 54.6 Å². The zero-order chi connectivity index (χ0) is 24.1. The van der Waals surface area contributed by atoms with Crippen molar-refractivity contribution in [1.82, 2.24) is 4.90 Å². The Balaban J connectivity index is 1.28. The molecule has 1 N–H and O–H groups in total. The van der Waals surface area contributed by atoms with Crippen LogP contribution in [0.25, 0.3) is 11.1 Å². The number of hydrogen-bond acceptors (Lipinski definition) is 4. The summed E-state index contributed by atoms with van der Waals surface area (Å²) in [6.45, 7) is 2.66. The largest absolute Gasteiger partial charge is 0.491 e. The molecule has 3 aromatic rings. The third-order valence-electron chi connectivity index (χ3n) is 6.97. The van der Waals surface area contributed by atoms with Crippen LogP contribution >= 0.6 is 0 Å². The second-order valence-corrected chi connectivity index (χ2v) is 9.43. The first-order valence-electron chi connectivity index (χ1n) is 11.9. The van der Waals surface area contributed by atoms with Crippen LogP contribution in [-0.2, 0) is 11.2 Å². The smallest absolute Gasteiger partial charge is 0.258 e. The highest BCUT2D eigenvalue weighted by atomic mass is 19.1. The molecule has 6 nitrogen and oxygen atoms in total. The number of carbonyl (C=O) groups is 2. The first kappa shape index (κ1) is 21.6. The van der Waals surface area contributed by atoms with E-state index in [1.165, 1.54) is 6.07 Å². The molecule has 178 valence electrons. The number of nitrogens with zero attached hydrogens (tertiary/aromatic N) is 1. The molecule has 2 atom stereocenters. The molecule has 35 heavy (non-hydrogen) atoms. The number of hydrogen-bond donors (Lipinski definition) is 1. The van der Waals surface area contributed by atoms with Crippen molar-refractivity contribution in [3.8, 4) is 22.6 Å². The van der Waals surface area contributed by atoms with Crippen molar-refractivity contribution in [2.24, 2.45) is 0 Å². The van der Waals surface area contributed by atoms with Crippen molar-refractivity contribution in [3.05, 3.63) is 77.1 Å². The number of benzene rings is 3. The van der Waals surface area contributed by atoms with Gasteiger partial charge in [-0.3, -0.25) is 9.59 Å². The lowest BCUT2D eigenvalue weighted by Gasteiger charge is -2.22. The van der Waals surface area contributed by atoms with Crippen molar-refractivity contribution in [2.45, 2.75) is 38.3 Å². The van der Waals surface area contributed by atoms with Gasteiger partial charge in [-0.1, -0.05) is 30.3 Å². The third-order valence-corrected chi connectivity index (χ3v) is 6.97. The Labute approximate surface area is 202 Å². The van der Waals surface area contributed by atoms with Gasteiger partial charge < -0.3 is 19.7 Å². The highest BCUT2D eigenvalue weighted by Crippen LogP contribution is 2.39. The molecule has 0 aromatic heterocycles. The van der Waals surface area contributed by atoms with Gasteiger partial charge in [0.05, 0.1) is 18.2 Å². The molecule has 0 bridgehead atoms. The number of fused-ring (bicyclic) bond motifs is 3. The van der Waals surface area contributed by atoms with E-state index >= 15 is 0 Å². The van der Waals surface area contributed by atoms with Crippen molar-refractivity contribution < 1.29 is 23.5 Å². The van der Waals surface area contributed by atoms with Gasteiger partial charge in [0.1, 0.15) is 30.0 Å². The number of carbonyl (C=O) groups excluding carboxylic acids is 2. The maximum absolute atomic E-state index is 14.7. The van der Waals surface area contributed by atoms with Gasteiger partial charge in [-0.15, -0.1) is 0 Å². The van der Waals surface area contributed by atoms with E-state index in [0.717, 1.165) is 23.2 Å². The average molecular weight is 473 g/mol. The van der Waals surface area contributed by atoms with Gasteiger partial charge in [0.2, 0.25) is 5.91 Å². The van der Waals surface area contributed by atoms with Crippen LogP contribution in [0.2, 0.25) is 0 Å². The van der Waals surface area contributed by atoms with E-state index in [4.69, 9.17) is 9.47 Å². The molecule has 0 aliphatic carbocycles. The predicted molar refractivity (Wildman–Crippen MR) is 129 cm³/mol. The van der Waals surface area contributed by atoms with Gasteiger partial charge in [0.15, 0.2) is 0 Å². The van der Waals surface area contributed by atoms with Crippen molar-refractivity contribution >= 4 is 17.5 Å². The molecule has 3 aliphatic heterocycles. The maximum atomic E-state index is 14.7. The van der Waals surface area contributed by atoms with E-state index in [-0.39, 0.29) is 29.8 Å². The number of nitrogens with one attached hydrogen (secondary N) is 1. The van der Waals surface area contributed by atoms with Gasteiger partial charge in [0.25, 0.3) is 5.91 Å². The van der Waals surface area contributed by atoms with Gasteiger partial charge in [0, 0.05) is 35.7 Å². The Kier molecular flexibility index (Phi) is 5.20. The first-order valence-corrected chi connectivity index (χ1v) is 11.9. The molecule has 3 aromatic carbocycles. The summed E-state index contributed by atoms with van der Waals surface area (Å²) in [6, 6.07) is 15.8. The SMILES string of the molecule is Cc1cc2c(c(-c3ccccc3F)c1)C(=O)N1C[C@@H](Oc3ccc4c(c3)NC(=O)CC4)C[C@@H]1CO2. The summed E-state index contributed by atoms with van der Waals surface area (Å²) in [5.41, 5.74) is 4.08. The number of amides is 2. The lowest BCUT2D eigenvalue weighted by Crippen LogP contribution is -2.37. The lowest BCUT2D eigenvalue weighted by atomic mass is 9.95. The van der Waals surface area contributed by atoms with E-state index in [2.05, 4.69) is 5.32 Å². The summed E-state index contributed by atoms with van der Waals surface area (Å²) in [6.07, 6.45) is 1.62. The summed E-state index contributed by atoms with van der Waals surface area (Å²) < 4.78 is 27.1. The number of aryl methyl sites for hydroxylation is 2. The number of anilines is 1. The van der Waals surface area contributed by atoms with Gasteiger partial charge in [-0.25, -0.2) is 4.39 Å². The summed E-state index contributed by atoms with van der Waals surface area (Å²) in [4.78, 5) is 27.3. The molecule has 0 unspecified atom stereocenters. The summed E-state index contributed by atoms with van der Waals surface area (Å²) in [7, 11) is 0. The molecular weight excluding hydrogens is 447 g/mol. The summed E-state index contributed by atoms with van der Waals surface area (Å²) in [5, 5.41) is 2.90. The van der Waals surface area contributed by atoms with E-state index in [1.807, 2.05) is 37.3 Å². The fourth-order valence-electron chi connectivity index (χ4n) is 5.29. The Morgan fingerprint density at radius 3 is 2.77 bits per heavy atom. The number of halogens is 1. The number of rotatable bonds is 3. The Morgan fingerprint density at radius 2 is 1.91 bits per heavy atom. The van der Waals surface area contributed by atoms with E-state index < -0.39 is 0 Å². The van der Waals surface area contributed by atoms with Crippen LogP contribution in [0.4, 0.5) is 10.1 Å². The topological polar surface area (TPSA) is 67.9 Å². The monoisotopic (exact) mass is 472 g/mol. The van der Waals surface area contributed by atoms with Crippen molar-refractivity contribution in [3.63, 3.8) is 0 Å². The molecular formula is C28H25FN2O4. The van der Waals surface area contributed by atoms with Crippen LogP contribution in [0.5, 0.6) is 11.5 Å². The lowest BCUT2D eigenvalue weighted by molar-refractivity contribution is -0.116. The number of ether oxygens (including phenoxy) is 2. The van der Waals surface area contributed by atoms with E-state index in [0.29, 0.717) is 54.2 Å². The first-order chi connectivity index (χ1) is 17.0. The van der Waals surface area contributed by atoms with Crippen LogP contribution < -0.4 is 14.8 Å². The highest BCUT2D eigenvalue weighted by molar-refractivity contribution is 6.04. The van der Waals surface area contributed by atoms with Crippen molar-refractivity contribution in [1.29, 1.82) is 0 Å². The average Bonchev–Trinajstić information content (AvgIpc) is 3.19. The fraction of sp³-hybridized carbons (Fsp3) is 0.286. The molecule has 6 rings (SSSR count). The molecule has 2 amide bonds. The minimum Gasteiger partial charge on any atom is -0.491 e. The second-order valence-electron chi connectivity index (χ2n) is 9.43. The van der Waals surface area contributed by atoms with E-state index in [1.54, 1.807) is 23.1 Å². The molecule has 3 heterocycles. The zero-order valence-corrected chi connectivity index (χ0v) is 19.3. The molecule has 1 saturated heterocycles. The molecule has 7 heteroatoms. The minimum absolute atomic E-state index is 0.00574. The molecule has 0 saturated carbocycles. The van der Waals surface area contributed by atoms with Crippen LogP contribution in [0.3, 0.4) is 0 Å². The third kappa shape index (κ3) is 3.91. The van der Waals surface area contributed by atoms with E-state index in [9.17, 15) is 14.0 Å². The Hall–Kier alpha value is -3.87. The van der Waals surface area contributed by atoms with Crippen LogP contribution in [0.1, 0.15) is 34.3 Å². The molecule has 1 fully saturated rings. The fourth-order valence-corrected chi connectivity index (χ4v) is 5.29. The van der Waals surface area contributed by atoms with Crippen molar-refractivity contribution in [2.75, 3.05) is 18.5 Å². The second kappa shape index (κ2) is 8.41. The zero-order valence-electron chi connectivity index (χ0n) is 19.3. The van der Waals surface area contributed by atoms with Gasteiger partial charge in [-0.2, -0.15) is 0 Å². The summed E-state index contributed by atoms with van der Waals surface area (Å²) in [5.74, 6) is 0.599. The predicted octanol–water partition coefficient (Wildman–Crippen LogP) is 4.74. The normalized spacial score (nSPS) is 20.8. The highest BCUT2D eigenvalue weighted by Gasteiger charge is 2.41. The van der Waals surface area contributed by atoms with Gasteiger partial charge >= 0.3 is 0 Å². The van der Waals surface area contributed by atoms with Crippen LogP contribution in [-0.4, -0.2) is 42.0 Å². The minimum atomic E-state index is -0.379. The Bertz CT molecular complexity index is 1350. The maximum Gasteiger partial charge on any atom is 0.258 e. The quantitative estimate of drug-likeness (QED) is 0.598. The van der Waals surface area contributed by atoms with Crippen LogP contribution in [0, 0.1) is 12.7 Å². The molecule has 3 aliphatic rings. The Morgan fingerprint density at radius 1 is 1.06 bits per heavy atom. The summed E-state index contributed by atoms with van der Waals surface area (Å²) >= 11 is 0. The van der Waals surface area contributed by atoms with Gasteiger partial charge in [-0.05, 0) is 42.7 Å². The molecule has 0 spiro atoms.